The molecular weight excluding hydrogens is 923 g/mol. The van der Waals surface area contributed by atoms with Gasteiger partial charge < -0.3 is 59.5 Å². The topological polar surface area (TPSA) is 227 Å². The first-order valence-corrected chi connectivity index (χ1v) is 23.5. The van der Waals surface area contributed by atoms with Crippen molar-refractivity contribution in [2.24, 2.45) is 0 Å². The van der Waals surface area contributed by atoms with Crippen molar-refractivity contribution in [2.45, 2.75) is 65.2 Å². The number of nitrogens with zero attached hydrogens (tertiary/aromatic N) is 4. The number of aliphatic carboxylic acids is 2. The van der Waals surface area contributed by atoms with Crippen LogP contribution in [0, 0.1) is 13.8 Å². The Morgan fingerprint density at radius 2 is 1.03 bits per heavy atom. The molecule has 18 nitrogen and oxygen atoms in total. The molecule has 6 rings (SSSR count). The SMILES string of the molecule is Cc1c(COc2nc(OCCN3CCOCC3)c(CNCC(O)CC(=O)O)cc2Cl)cccc1-c1cccc(COc2nc(OCCN3CCOCC3)c(CNCC(O)CC(=O)O)cc2Cl)c1C. The molecule has 0 radical (unpaired) electrons. The normalized spacial score (nSPS) is 15.4. The Balaban J connectivity index is 1.14. The standard InChI is InChI=1S/C48H62Cl2N6O12/c1-31-33(29-67-47-41(49)21-35(25-51-27-37(57)23-43(59)60)45(53-47)65-19-13-55-9-15-63-16-10-55)5-3-7-39(31)40-8-4-6-34(32(40)2)30-68-48-42(50)22-36(26-52-28-38(58)24-44(61)62)46(54-48)66-20-14-56-11-17-64-18-12-56/h3-8,21-22,37-38,51-52,57-58H,9-20,23-30H2,1-2H3,(H,59,60)(H,61,62). The number of aliphatic hydroxyl groups excluding tert-OH is 2. The van der Waals surface area contributed by atoms with Crippen LogP contribution in [-0.4, -0.2) is 156 Å². The summed E-state index contributed by atoms with van der Waals surface area (Å²) in [4.78, 5) is 35.9. The predicted molar refractivity (Wildman–Crippen MR) is 254 cm³/mol. The minimum absolute atomic E-state index is 0.0545. The second kappa shape index (κ2) is 26.8. The molecule has 0 aliphatic carbocycles. The summed E-state index contributed by atoms with van der Waals surface area (Å²) in [5.74, 6) is -1.15. The molecule has 2 aliphatic rings. The molecule has 2 aliphatic heterocycles. The van der Waals surface area contributed by atoms with Gasteiger partial charge in [-0.1, -0.05) is 59.6 Å². The number of morpholine rings is 2. The first-order valence-electron chi connectivity index (χ1n) is 22.7. The second-order valence-electron chi connectivity index (χ2n) is 16.6. The Morgan fingerprint density at radius 3 is 1.41 bits per heavy atom. The molecule has 2 aromatic carbocycles. The molecule has 0 bridgehead atoms. The molecule has 4 heterocycles. The molecule has 0 spiro atoms. The largest absolute Gasteiger partial charge is 0.481 e. The van der Waals surface area contributed by atoms with Crippen molar-refractivity contribution in [2.75, 3.05) is 92.0 Å². The second-order valence-corrected chi connectivity index (χ2v) is 17.4. The number of pyridine rings is 2. The van der Waals surface area contributed by atoms with E-state index in [9.17, 15) is 19.8 Å². The van der Waals surface area contributed by atoms with E-state index in [4.69, 9.17) is 61.8 Å². The summed E-state index contributed by atoms with van der Waals surface area (Å²) >= 11 is 13.5. The first-order chi connectivity index (χ1) is 32.8. The lowest BCUT2D eigenvalue weighted by Crippen LogP contribution is -2.38. The van der Waals surface area contributed by atoms with Crippen molar-refractivity contribution in [1.29, 1.82) is 0 Å². The van der Waals surface area contributed by atoms with Gasteiger partial charge in [0.15, 0.2) is 0 Å². The van der Waals surface area contributed by atoms with Crippen LogP contribution < -0.4 is 29.6 Å². The van der Waals surface area contributed by atoms with E-state index in [0.29, 0.717) is 75.6 Å². The first kappa shape index (κ1) is 52.5. The number of aromatic nitrogens is 2. The van der Waals surface area contributed by atoms with Gasteiger partial charge in [0.25, 0.3) is 0 Å². The molecule has 2 fully saturated rings. The van der Waals surface area contributed by atoms with Crippen LogP contribution in [0.2, 0.25) is 10.0 Å². The van der Waals surface area contributed by atoms with Crippen LogP contribution in [0.3, 0.4) is 0 Å². The van der Waals surface area contributed by atoms with Crippen LogP contribution in [0.1, 0.15) is 46.2 Å². The fourth-order valence-electron chi connectivity index (χ4n) is 7.74. The van der Waals surface area contributed by atoms with E-state index in [-0.39, 0.29) is 74.0 Å². The van der Waals surface area contributed by atoms with Gasteiger partial charge in [0, 0.05) is 76.6 Å². The van der Waals surface area contributed by atoms with E-state index in [1.807, 2.05) is 38.1 Å². The van der Waals surface area contributed by atoms with Crippen molar-refractivity contribution in [1.82, 2.24) is 30.4 Å². The van der Waals surface area contributed by atoms with Gasteiger partial charge in [-0.15, -0.1) is 0 Å². The number of benzene rings is 2. The van der Waals surface area contributed by atoms with Crippen LogP contribution in [0.15, 0.2) is 48.5 Å². The number of hydrogen-bond donors (Lipinski definition) is 6. The van der Waals surface area contributed by atoms with Crippen molar-refractivity contribution in [3.8, 4) is 34.6 Å². The molecule has 2 atom stereocenters. The van der Waals surface area contributed by atoms with E-state index in [0.717, 1.165) is 59.6 Å². The number of carboxylic acid groups (broad SMARTS) is 2. The highest BCUT2D eigenvalue weighted by molar-refractivity contribution is 6.32. The Bertz CT molecular complexity index is 2120. The molecule has 2 saturated heterocycles. The average molecular weight is 986 g/mol. The van der Waals surface area contributed by atoms with Gasteiger partial charge in [-0.05, 0) is 59.4 Å². The Morgan fingerprint density at radius 1 is 0.632 bits per heavy atom. The van der Waals surface area contributed by atoms with Gasteiger partial charge >= 0.3 is 11.9 Å². The van der Waals surface area contributed by atoms with Gasteiger partial charge in [0.1, 0.15) is 36.5 Å². The summed E-state index contributed by atoms with van der Waals surface area (Å²) < 4.78 is 35.8. The minimum Gasteiger partial charge on any atom is -0.481 e. The molecule has 4 aromatic rings. The lowest BCUT2D eigenvalue weighted by Gasteiger charge is -2.26. The fraction of sp³-hybridized carbons (Fsp3) is 0.500. The van der Waals surface area contributed by atoms with Crippen molar-refractivity contribution in [3.05, 3.63) is 92.0 Å². The number of carboxylic acids is 2. The van der Waals surface area contributed by atoms with E-state index >= 15 is 0 Å². The van der Waals surface area contributed by atoms with Gasteiger partial charge in [-0.25, -0.2) is 0 Å². The number of ether oxygens (including phenoxy) is 6. The number of hydrogen-bond acceptors (Lipinski definition) is 16. The van der Waals surface area contributed by atoms with Gasteiger partial charge in [-0.3, -0.25) is 19.4 Å². The van der Waals surface area contributed by atoms with Gasteiger partial charge in [-0.2, -0.15) is 9.97 Å². The third kappa shape index (κ3) is 16.1. The molecule has 2 aromatic heterocycles. The third-order valence-electron chi connectivity index (χ3n) is 11.6. The van der Waals surface area contributed by atoms with E-state index < -0.39 is 24.1 Å². The Kier molecular flexibility index (Phi) is 20.7. The number of nitrogens with one attached hydrogen (secondary N) is 2. The summed E-state index contributed by atoms with van der Waals surface area (Å²) in [6.07, 6.45) is -2.89. The Labute approximate surface area is 406 Å². The quantitative estimate of drug-likeness (QED) is 0.0484. The van der Waals surface area contributed by atoms with E-state index in [2.05, 4.69) is 42.5 Å². The summed E-state index contributed by atoms with van der Waals surface area (Å²) in [7, 11) is 0. The van der Waals surface area contributed by atoms with Gasteiger partial charge in [0.05, 0.1) is 51.5 Å². The highest BCUT2D eigenvalue weighted by atomic mass is 35.5. The Hall–Kier alpha value is -4.86. The van der Waals surface area contributed by atoms with Crippen LogP contribution >= 0.6 is 23.2 Å². The average Bonchev–Trinajstić information content (AvgIpc) is 3.30. The van der Waals surface area contributed by atoms with E-state index in [1.165, 1.54) is 0 Å². The summed E-state index contributed by atoms with van der Waals surface area (Å²) in [5.41, 5.74) is 7.09. The molecule has 68 heavy (non-hydrogen) atoms. The molecule has 2 unspecified atom stereocenters. The molecule has 370 valence electrons. The number of carbonyl (C=O) groups is 2. The zero-order chi connectivity index (χ0) is 48.4. The fourth-order valence-corrected chi connectivity index (χ4v) is 8.19. The van der Waals surface area contributed by atoms with Crippen LogP contribution in [0.5, 0.6) is 23.5 Å². The van der Waals surface area contributed by atoms with Gasteiger partial charge in [0.2, 0.25) is 23.5 Å². The molecule has 0 saturated carbocycles. The number of aliphatic hydroxyl groups is 2. The summed E-state index contributed by atoms with van der Waals surface area (Å²) in [5, 5.41) is 44.9. The van der Waals surface area contributed by atoms with Crippen molar-refractivity contribution in [3.63, 3.8) is 0 Å². The molecular formula is C48H62Cl2N6O12. The maximum Gasteiger partial charge on any atom is 0.306 e. The van der Waals surface area contributed by atoms with Crippen LogP contribution in [-0.2, 0) is 45.4 Å². The number of halogens is 2. The summed E-state index contributed by atoms with van der Waals surface area (Å²) in [6, 6.07) is 15.4. The maximum absolute atomic E-state index is 11.0. The lowest BCUT2D eigenvalue weighted by molar-refractivity contribution is -0.140. The van der Waals surface area contributed by atoms with Crippen LogP contribution in [0.25, 0.3) is 11.1 Å². The van der Waals surface area contributed by atoms with Crippen molar-refractivity contribution < 1.29 is 58.4 Å². The molecule has 6 N–H and O–H groups in total. The lowest BCUT2D eigenvalue weighted by atomic mass is 9.92. The zero-order valence-corrected chi connectivity index (χ0v) is 40.0. The highest BCUT2D eigenvalue weighted by Gasteiger charge is 2.20. The molecule has 0 amide bonds. The minimum atomic E-state index is -1.09. The summed E-state index contributed by atoms with van der Waals surface area (Å²) in [6.45, 7) is 12.9. The number of rotatable bonds is 27. The van der Waals surface area contributed by atoms with E-state index in [1.54, 1.807) is 12.1 Å². The predicted octanol–water partition coefficient (Wildman–Crippen LogP) is 4.50. The third-order valence-corrected chi connectivity index (χ3v) is 12.1. The van der Waals surface area contributed by atoms with Crippen LogP contribution in [0.4, 0.5) is 0 Å². The zero-order valence-electron chi connectivity index (χ0n) is 38.5. The highest BCUT2D eigenvalue weighted by Crippen LogP contribution is 2.35. The monoisotopic (exact) mass is 984 g/mol. The smallest absolute Gasteiger partial charge is 0.306 e. The maximum atomic E-state index is 11.0. The van der Waals surface area contributed by atoms with Crippen molar-refractivity contribution >= 4 is 35.1 Å². The molecule has 20 heteroatoms.